The van der Waals surface area contributed by atoms with Crippen LogP contribution in [0.15, 0.2) is 24.3 Å². The number of aryl methyl sites for hydroxylation is 2. The zero-order chi connectivity index (χ0) is 26.5. The van der Waals surface area contributed by atoms with Crippen LogP contribution in [-0.2, 0) is 23.0 Å². The number of likely N-dealkylation sites (tertiary alicyclic amines) is 1. The van der Waals surface area contributed by atoms with Gasteiger partial charge in [0.15, 0.2) is 17.0 Å². The van der Waals surface area contributed by atoms with Gasteiger partial charge in [-0.25, -0.2) is 4.98 Å². The number of ether oxygens (including phenoxy) is 2. The summed E-state index contributed by atoms with van der Waals surface area (Å²) in [6.45, 7) is 6.32. The summed E-state index contributed by atoms with van der Waals surface area (Å²) in [5, 5.41) is 0. The summed E-state index contributed by atoms with van der Waals surface area (Å²) in [5.41, 5.74) is 3.35. The van der Waals surface area contributed by atoms with Gasteiger partial charge in [-0.05, 0) is 25.0 Å². The molecule has 0 unspecified atom stereocenters. The van der Waals surface area contributed by atoms with Crippen molar-refractivity contribution < 1.29 is 14.3 Å². The molecular weight excluding hydrogens is 496 g/mol. The van der Waals surface area contributed by atoms with Gasteiger partial charge in [0, 0.05) is 58.4 Å². The van der Waals surface area contributed by atoms with Gasteiger partial charge < -0.3 is 19.3 Å². The Bertz CT molecular complexity index is 1530. The van der Waals surface area contributed by atoms with Crippen molar-refractivity contribution in [3.63, 3.8) is 0 Å². The second-order valence-electron chi connectivity index (χ2n) is 10.7. The molecule has 0 radical (unpaired) electrons. The molecule has 0 N–H and O–H groups in total. The standard InChI is InChI=1S/C28H34N8O3/c1-3-22-29-20-6-4-5-7-21(20)36(22)27-31-24-23(25(32-27)34-14-16-38-17-15-34)30-28(33(24)2)39-19-10-12-35(13-11-19)26(37)18-8-9-18/h4-7,18-19H,3,8-17H2,1-2H3. The molecule has 2 saturated heterocycles. The first-order chi connectivity index (χ1) is 19.1. The first kappa shape index (κ1) is 24.3. The highest BCUT2D eigenvalue weighted by molar-refractivity contribution is 5.86. The van der Waals surface area contributed by atoms with Crippen molar-refractivity contribution in [3.8, 4) is 12.0 Å². The molecule has 0 bridgehead atoms. The van der Waals surface area contributed by atoms with Crippen LogP contribution in [0.4, 0.5) is 5.82 Å². The summed E-state index contributed by atoms with van der Waals surface area (Å²) in [6.07, 6.45) is 4.44. The Morgan fingerprint density at radius 3 is 2.51 bits per heavy atom. The van der Waals surface area contributed by atoms with Crippen molar-refractivity contribution in [3.05, 3.63) is 30.1 Å². The molecule has 2 aliphatic heterocycles. The van der Waals surface area contributed by atoms with Crippen molar-refractivity contribution in [2.45, 2.75) is 45.1 Å². The van der Waals surface area contributed by atoms with Gasteiger partial charge in [-0.2, -0.15) is 15.0 Å². The fourth-order valence-corrected chi connectivity index (χ4v) is 5.68. The molecule has 5 heterocycles. The normalized spacial score (nSPS) is 18.8. The summed E-state index contributed by atoms with van der Waals surface area (Å²) >= 11 is 0. The van der Waals surface area contributed by atoms with Gasteiger partial charge in [0.1, 0.15) is 11.9 Å². The third kappa shape index (κ3) is 4.38. The molecule has 0 spiro atoms. The lowest BCUT2D eigenvalue weighted by atomic mass is 10.1. The van der Waals surface area contributed by atoms with Crippen LogP contribution in [0, 0.1) is 5.92 Å². The lowest BCUT2D eigenvalue weighted by molar-refractivity contribution is -0.134. The number of morpholine rings is 1. The highest BCUT2D eigenvalue weighted by Gasteiger charge is 2.35. The third-order valence-electron chi connectivity index (χ3n) is 8.06. The number of benzene rings is 1. The molecule has 39 heavy (non-hydrogen) atoms. The minimum atomic E-state index is 0.00678. The molecule has 1 saturated carbocycles. The van der Waals surface area contributed by atoms with E-state index in [0.29, 0.717) is 31.1 Å². The molecule has 204 valence electrons. The Kier molecular flexibility index (Phi) is 6.10. The van der Waals surface area contributed by atoms with Crippen LogP contribution in [0.3, 0.4) is 0 Å². The fraction of sp³-hybridized carbons (Fsp3) is 0.536. The monoisotopic (exact) mass is 530 g/mol. The van der Waals surface area contributed by atoms with Crippen molar-refractivity contribution >= 4 is 33.9 Å². The molecule has 7 rings (SSSR count). The number of hydrogen-bond donors (Lipinski definition) is 0. The number of nitrogens with zero attached hydrogens (tertiary/aromatic N) is 8. The first-order valence-electron chi connectivity index (χ1n) is 14.1. The predicted molar refractivity (Wildman–Crippen MR) is 146 cm³/mol. The Balaban J connectivity index is 1.26. The second kappa shape index (κ2) is 9.78. The molecule has 11 nitrogen and oxygen atoms in total. The molecular formula is C28H34N8O3. The number of aromatic nitrogens is 6. The van der Waals surface area contributed by atoms with Gasteiger partial charge in [0.05, 0.1) is 24.2 Å². The second-order valence-corrected chi connectivity index (χ2v) is 10.7. The van der Waals surface area contributed by atoms with E-state index in [0.717, 1.165) is 92.1 Å². The number of amides is 1. The molecule has 11 heteroatoms. The summed E-state index contributed by atoms with van der Waals surface area (Å²) in [5.74, 6) is 2.85. The van der Waals surface area contributed by atoms with Crippen molar-refractivity contribution in [1.82, 2.24) is 34.0 Å². The summed E-state index contributed by atoms with van der Waals surface area (Å²) < 4.78 is 16.1. The zero-order valence-electron chi connectivity index (χ0n) is 22.5. The molecule has 3 aromatic heterocycles. The smallest absolute Gasteiger partial charge is 0.298 e. The number of carbonyl (C=O) groups is 1. The van der Waals surface area contributed by atoms with Gasteiger partial charge in [0.25, 0.3) is 6.01 Å². The van der Waals surface area contributed by atoms with Gasteiger partial charge in [-0.15, -0.1) is 0 Å². The quantitative estimate of drug-likeness (QED) is 0.375. The Morgan fingerprint density at radius 1 is 1.00 bits per heavy atom. The van der Waals surface area contributed by atoms with Gasteiger partial charge in [0.2, 0.25) is 11.9 Å². The summed E-state index contributed by atoms with van der Waals surface area (Å²) in [7, 11) is 1.95. The highest BCUT2D eigenvalue weighted by atomic mass is 16.5. The SMILES string of the molecule is CCc1nc2ccccc2n1-c1nc(N2CCOCC2)c2nc(OC3CCN(C(=O)C4CC4)CC3)n(C)c2n1. The van der Waals surface area contributed by atoms with E-state index in [4.69, 9.17) is 29.4 Å². The zero-order valence-corrected chi connectivity index (χ0v) is 22.5. The number of hydrogen-bond acceptors (Lipinski definition) is 8. The lowest BCUT2D eigenvalue weighted by Gasteiger charge is -2.32. The number of piperidine rings is 1. The Morgan fingerprint density at radius 2 is 1.77 bits per heavy atom. The van der Waals surface area contributed by atoms with Crippen molar-refractivity contribution in [1.29, 1.82) is 0 Å². The number of rotatable bonds is 6. The Hall–Kier alpha value is -3.73. The maximum absolute atomic E-state index is 12.5. The van der Waals surface area contributed by atoms with E-state index < -0.39 is 0 Å². The van der Waals surface area contributed by atoms with E-state index in [1.165, 1.54) is 0 Å². The molecule has 4 aromatic rings. The molecule has 3 fully saturated rings. The lowest BCUT2D eigenvalue weighted by Crippen LogP contribution is -2.42. The van der Waals surface area contributed by atoms with Crippen molar-refractivity contribution in [2.75, 3.05) is 44.3 Å². The number of carbonyl (C=O) groups excluding carboxylic acids is 1. The third-order valence-corrected chi connectivity index (χ3v) is 8.06. The van der Waals surface area contributed by atoms with Gasteiger partial charge >= 0.3 is 0 Å². The van der Waals surface area contributed by atoms with Crippen LogP contribution >= 0.6 is 0 Å². The Labute approximate surface area is 226 Å². The maximum Gasteiger partial charge on any atom is 0.298 e. The van der Waals surface area contributed by atoms with Gasteiger partial charge in [-0.3, -0.25) is 13.9 Å². The maximum atomic E-state index is 12.5. The van der Waals surface area contributed by atoms with E-state index in [-0.39, 0.29) is 12.0 Å². The van der Waals surface area contributed by atoms with E-state index in [1.807, 2.05) is 34.7 Å². The van der Waals surface area contributed by atoms with Crippen LogP contribution in [0.5, 0.6) is 6.01 Å². The number of imidazole rings is 2. The fourth-order valence-electron chi connectivity index (χ4n) is 5.68. The molecule has 1 aromatic carbocycles. The number of fused-ring (bicyclic) bond motifs is 2. The minimum Gasteiger partial charge on any atom is -0.461 e. The molecule has 1 aliphatic carbocycles. The largest absolute Gasteiger partial charge is 0.461 e. The van der Waals surface area contributed by atoms with E-state index in [2.05, 4.69) is 22.5 Å². The van der Waals surface area contributed by atoms with Crippen LogP contribution in [-0.4, -0.2) is 85.4 Å². The predicted octanol–water partition coefficient (Wildman–Crippen LogP) is 2.88. The van der Waals surface area contributed by atoms with Crippen LogP contribution in [0.1, 0.15) is 38.4 Å². The highest BCUT2D eigenvalue weighted by Crippen LogP contribution is 2.33. The van der Waals surface area contributed by atoms with Crippen LogP contribution in [0.25, 0.3) is 28.1 Å². The van der Waals surface area contributed by atoms with Crippen LogP contribution in [0.2, 0.25) is 0 Å². The average molecular weight is 531 g/mol. The topological polar surface area (TPSA) is 103 Å². The summed E-state index contributed by atoms with van der Waals surface area (Å²) in [6, 6.07) is 8.62. The van der Waals surface area contributed by atoms with Crippen LogP contribution < -0.4 is 9.64 Å². The minimum absolute atomic E-state index is 0.00678. The van der Waals surface area contributed by atoms with E-state index in [1.54, 1.807) is 0 Å². The average Bonchev–Trinajstić information content (AvgIpc) is 3.70. The summed E-state index contributed by atoms with van der Waals surface area (Å²) in [4.78, 5) is 36.6. The molecule has 3 aliphatic rings. The van der Waals surface area contributed by atoms with Gasteiger partial charge in [-0.1, -0.05) is 19.1 Å². The number of para-hydroxylation sites is 2. The van der Waals surface area contributed by atoms with Crippen molar-refractivity contribution in [2.24, 2.45) is 13.0 Å². The molecule has 0 atom stereocenters. The van der Waals surface area contributed by atoms with E-state index in [9.17, 15) is 4.79 Å². The molecule has 1 amide bonds. The number of anilines is 1. The first-order valence-corrected chi connectivity index (χ1v) is 14.1. The van der Waals surface area contributed by atoms with E-state index >= 15 is 0 Å².